The third-order valence-corrected chi connectivity index (χ3v) is 4.34. The van der Waals surface area contributed by atoms with Crippen LogP contribution >= 0.6 is 38.9 Å². The maximum atomic E-state index is 12.2. The topological polar surface area (TPSA) is 33.2 Å². The largest absolute Gasteiger partial charge is 0.336 e. The molecule has 0 unspecified atom stereocenters. The average molecular weight is 346 g/mol. The quantitative estimate of drug-likeness (QED) is 0.847. The van der Waals surface area contributed by atoms with Crippen LogP contribution in [0.25, 0.3) is 0 Å². The van der Waals surface area contributed by atoms with Gasteiger partial charge in [0.15, 0.2) is 0 Å². The fraction of sp³-hybridized carbons (Fsp3) is 0.167. The van der Waals surface area contributed by atoms with Crippen LogP contribution in [0.3, 0.4) is 0 Å². The van der Waals surface area contributed by atoms with E-state index in [1.54, 1.807) is 35.7 Å². The van der Waals surface area contributed by atoms with Gasteiger partial charge >= 0.3 is 0 Å². The molecule has 1 amide bonds. The van der Waals surface area contributed by atoms with Crippen molar-refractivity contribution in [2.24, 2.45) is 0 Å². The molecule has 2 aromatic rings. The Morgan fingerprint density at radius 2 is 2.33 bits per heavy atom. The van der Waals surface area contributed by atoms with Crippen LogP contribution in [0.4, 0.5) is 0 Å². The van der Waals surface area contributed by atoms with Crippen molar-refractivity contribution in [3.8, 4) is 0 Å². The highest BCUT2D eigenvalue weighted by molar-refractivity contribution is 9.10. The second-order valence-electron chi connectivity index (χ2n) is 3.74. The van der Waals surface area contributed by atoms with Gasteiger partial charge in [-0.2, -0.15) is 0 Å². The van der Waals surface area contributed by atoms with Gasteiger partial charge in [-0.15, -0.1) is 11.3 Å². The molecule has 1 aromatic carbocycles. The molecule has 94 valence electrons. The van der Waals surface area contributed by atoms with E-state index >= 15 is 0 Å². The van der Waals surface area contributed by atoms with Crippen molar-refractivity contribution in [3.05, 3.63) is 49.8 Å². The number of amides is 1. The number of halogens is 2. The molecule has 18 heavy (non-hydrogen) atoms. The summed E-state index contributed by atoms with van der Waals surface area (Å²) < 4.78 is 0.720. The Morgan fingerprint density at radius 1 is 1.56 bits per heavy atom. The van der Waals surface area contributed by atoms with Gasteiger partial charge in [-0.3, -0.25) is 4.79 Å². The predicted molar refractivity (Wildman–Crippen MR) is 77.1 cm³/mol. The lowest BCUT2D eigenvalue weighted by molar-refractivity contribution is 0.0784. The minimum atomic E-state index is -0.116. The Hall–Kier alpha value is -0.910. The van der Waals surface area contributed by atoms with Crippen LogP contribution < -0.4 is 0 Å². The molecule has 6 heteroatoms. The number of hydrogen-bond donors (Lipinski definition) is 0. The molecule has 0 bridgehead atoms. The van der Waals surface area contributed by atoms with Crippen molar-refractivity contribution in [1.82, 2.24) is 9.88 Å². The Bertz CT molecular complexity index is 559. The molecule has 1 aromatic heterocycles. The lowest BCUT2D eigenvalue weighted by Gasteiger charge is -2.17. The fourth-order valence-corrected chi connectivity index (χ4v) is 2.63. The Balaban J connectivity index is 2.18. The van der Waals surface area contributed by atoms with Crippen LogP contribution in [-0.4, -0.2) is 22.8 Å². The second kappa shape index (κ2) is 5.82. The number of hydrogen-bond acceptors (Lipinski definition) is 3. The number of benzene rings is 1. The highest BCUT2D eigenvalue weighted by Crippen LogP contribution is 2.27. The summed E-state index contributed by atoms with van der Waals surface area (Å²) in [5.41, 5.74) is 3.12. The summed E-state index contributed by atoms with van der Waals surface area (Å²) in [7, 11) is 1.74. The Labute approximate surface area is 123 Å². The molecule has 0 atom stereocenters. The minimum Gasteiger partial charge on any atom is -0.336 e. The zero-order valence-electron chi connectivity index (χ0n) is 9.56. The summed E-state index contributed by atoms with van der Waals surface area (Å²) in [6.45, 7) is 0.477. The molecule has 0 saturated heterocycles. The first-order valence-electron chi connectivity index (χ1n) is 5.16. The van der Waals surface area contributed by atoms with Gasteiger partial charge in [0.25, 0.3) is 5.91 Å². The molecule has 2 rings (SSSR count). The summed E-state index contributed by atoms with van der Waals surface area (Å²) >= 11 is 10.9. The van der Waals surface area contributed by atoms with Crippen molar-refractivity contribution in [2.45, 2.75) is 6.54 Å². The summed E-state index contributed by atoms with van der Waals surface area (Å²) in [4.78, 5) is 18.0. The second-order valence-corrected chi connectivity index (χ2v) is 5.69. The van der Waals surface area contributed by atoms with Gasteiger partial charge in [-0.1, -0.05) is 17.7 Å². The van der Waals surface area contributed by atoms with Crippen molar-refractivity contribution in [3.63, 3.8) is 0 Å². The molecule has 0 spiro atoms. The van der Waals surface area contributed by atoms with Crippen LogP contribution in [0.5, 0.6) is 0 Å². The molecule has 0 aliphatic heterocycles. The van der Waals surface area contributed by atoms with E-state index in [1.165, 1.54) is 11.3 Å². The van der Waals surface area contributed by atoms with Crippen molar-refractivity contribution < 1.29 is 4.79 Å². The molecule has 0 saturated carbocycles. The summed E-state index contributed by atoms with van der Waals surface area (Å²) in [6.07, 6.45) is 0. The van der Waals surface area contributed by atoms with Crippen molar-refractivity contribution >= 4 is 44.8 Å². The summed E-state index contributed by atoms with van der Waals surface area (Å²) in [6, 6.07) is 5.31. The van der Waals surface area contributed by atoms with E-state index in [0.29, 0.717) is 17.1 Å². The number of carbonyl (C=O) groups is 1. The highest BCUT2D eigenvalue weighted by atomic mass is 79.9. The van der Waals surface area contributed by atoms with Gasteiger partial charge in [0, 0.05) is 16.9 Å². The van der Waals surface area contributed by atoms with E-state index < -0.39 is 0 Å². The van der Waals surface area contributed by atoms with Crippen LogP contribution in [0, 0.1) is 0 Å². The molecule has 0 radical (unpaired) electrons. The molecular formula is C12H10BrClN2OS. The van der Waals surface area contributed by atoms with Gasteiger partial charge in [-0.05, 0) is 28.1 Å². The molecule has 3 nitrogen and oxygen atoms in total. The van der Waals surface area contributed by atoms with Crippen molar-refractivity contribution in [1.29, 1.82) is 0 Å². The first-order chi connectivity index (χ1) is 8.59. The predicted octanol–water partition coefficient (Wildman–Crippen LogP) is 3.83. The van der Waals surface area contributed by atoms with Crippen LogP contribution in [-0.2, 0) is 6.54 Å². The van der Waals surface area contributed by atoms with Crippen LogP contribution in [0.15, 0.2) is 33.6 Å². The number of rotatable bonds is 3. The molecular weight excluding hydrogens is 336 g/mol. The van der Waals surface area contributed by atoms with Gasteiger partial charge in [0.05, 0.1) is 28.3 Å². The monoisotopic (exact) mass is 344 g/mol. The fourth-order valence-electron chi connectivity index (χ4n) is 1.51. The molecule has 0 N–H and O–H groups in total. The lowest BCUT2D eigenvalue weighted by atomic mass is 10.2. The van der Waals surface area contributed by atoms with E-state index in [4.69, 9.17) is 11.6 Å². The number of nitrogens with zero attached hydrogens (tertiary/aromatic N) is 2. The standard InChI is InChI=1S/C12H10BrClN2OS/c1-16(5-8-6-18-7-15-8)12(17)9-3-2-4-10(13)11(9)14/h2-4,6-7H,5H2,1H3. The van der Waals surface area contributed by atoms with E-state index in [0.717, 1.165) is 10.2 Å². The van der Waals surface area contributed by atoms with Gasteiger partial charge in [0.1, 0.15) is 0 Å². The third kappa shape index (κ3) is 2.91. The van der Waals surface area contributed by atoms with Gasteiger partial charge < -0.3 is 4.90 Å². The number of thiazole rings is 1. The first kappa shape index (κ1) is 13.5. The third-order valence-electron chi connectivity index (χ3n) is 2.41. The first-order valence-corrected chi connectivity index (χ1v) is 7.27. The van der Waals surface area contributed by atoms with E-state index in [-0.39, 0.29) is 5.91 Å². The molecule has 1 heterocycles. The van der Waals surface area contributed by atoms with Crippen molar-refractivity contribution in [2.75, 3.05) is 7.05 Å². The van der Waals surface area contributed by atoms with Crippen LogP contribution in [0.2, 0.25) is 5.02 Å². The van der Waals surface area contributed by atoms with E-state index in [1.807, 2.05) is 5.38 Å². The molecule has 0 aliphatic carbocycles. The zero-order chi connectivity index (χ0) is 13.1. The molecule has 0 aliphatic rings. The number of aromatic nitrogens is 1. The zero-order valence-corrected chi connectivity index (χ0v) is 12.7. The maximum absolute atomic E-state index is 12.2. The highest BCUT2D eigenvalue weighted by Gasteiger charge is 2.17. The smallest absolute Gasteiger partial charge is 0.255 e. The SMILES string of the molecule is CN(Cc1cscn1)C(=O)c1cccc(Br)c1Cl. The summed E-state index contributed by atoms with van der Waals surface area (Å²) in [5.74, 6) is -0.116. The number of carbonyl (C=O) groups excluding carboxylic acids is 1. The van der Waals surface area contributed by atoms with Gasteiger partial charge in [-0.25, -0.2) is 4.98 Å². The average Bonchev–Trinajstić information content (AvgIpc) is 2.84. The Morgan fingerprint density at radius 3 is 3.00 bits per heavy atom. The summed E-state index contributed by atoms with van der Waals surface area (Å²) in [5, 5.41) is 2.36. The molecule has 0 fully saturated rings. The minimum absolute atomic E-state index is 0.116. The van der Waals surface area contributed by atoms with Crippen LogP contribution in [0.1, 0.15) is 16.1 Å². The van der Waals surface area contributed by atoms with Gasteiger partial charge in [0.2, 0.25) is 0 Å². The maximum Gasteiger partial charge on any atom is 0.255 e. The van der Waals surface area contributed by atoms with E-state index in [9.17, 15) is 4.79 Å². The Kier molecular flexibility index (Phi) is 4.37. The normalized spacial score (nSPS) is 10.4. The van der Waals surface area contributed by atoms with E-state index in [2.05, 4.69) is 20.9 Å². The lowest BCUT2D eigenvalue weighted by Crippen LogP contribution is -2.26.